The molecule has 1 aromatic rings. The largest absolute Gasteiger partial charge is 0.484 e. The smallest absolute Gasteiger partial charge is 0.422 e. The third kappa shape index (κ3) is 4.10. The third-order valence-corrected chi connectivity index (χ3v) is 2.05. The molecule has 0 aromatic heterocycles. The van der Waals surface area contributed by atoms with Gasteiger partial charge in [0, 0.05) is 0 Å². The predicted molar refractivity (Wildman–Crippen MR) is 53.2 cm³/mol. The minimum absolute atomic E-state index is 0.143. The monoisotopic (exact) mass is 234 g/mol. The topological polar surface area (TPSA) is 29.5 Å². The first kappa shape index (κ1) is 12.8. The van der Waals surface area contributed by atoms with E-state index in [9.17, 15) is 18.3 Å². The summed E-state index contributed by atoms with van der Waals surface area (Å²) >= 11 is 0. The highest BCUT2D eigenvalue weighted by Gasteiger charge is 2.28. The second-order valence-corrected chi connectivity index (χ2v) is 3.40. The van der Waals surface area contributed by atoms with Gasteiger partial charge in [-0.05, 0) is 24.1 Å². The molecule has 0 amide bonds. The lowest BCUT2D eigenvalue weighted by molar-refractivity contribution is -0.153. The second-order valence-electron chi connectivity index (χ2n) is 3.40. The van der Waals surface area contributed by atoms with Crippen molar-refractivity contribution in [3.05, 3.63) is 29.8 Å². The number of ether oxygens (including phenoxy) is 1. The second kappa shape index (κ2) is 5.21. The van der Waals surface area contributed by atoms with Gasteiger partial charge in [-0.1, -0.05) is 19.1 Å². The summed E-state index contributed by atoms with van der Waals surface area (Å²) in [7, 11) is 0. The molecule has 2 nitrogen and oxygen atoms in total. The first-order valence-electron chi connectivity index (χ1n) is 4.90. The molecule has 0 spiro atoms. The molecule has 0 bridgehead atoms. The van der Waals surface area contributed by atoms with E-state index < -0.39 is 18.9 Å². The highest BCUT2D eigenvalue weighted by molar-refractivity contribution is 5.28. The van der Waals surface area contributed by atoms with Gasteiger partial charge in [0.15, 0.2) is 6.61 Å². The van der Waals surface area contributed by atoms with Crippen molar-refractivity contribution in [2.45, 2.75) is 25.6 Å². The fraction of sp³-hybridized carbons (Fsp3) is 0.455. The number of aliphatic hydroxyl groups excluding tert-OH is 1. The van der Waals surface area contributed by atoms with Gasteiger partial charge in [0.1, 0.15) is 5.75 Å². The van der Waals surface area contributed by atoms with Crippen molar-refractivity contribution < 1.29 is 23.0 Å². The Balaban J connectivity index is 2.58. The van der Waals surface area contributed by atoms with Crippen LogP contribution in [0.3, 0.4) is 0 Å². The number of halogens is 3. The van der Waals surface area contributed by atoms with Gasteiger partial charge in [-0.3, -0.25) is 0 Å². The molecule has 1 aromatic carbocycles. The molecule has 1 N–H and O–H groups in total. The van der Waals surface area contributed by atoms with E-state index in [1.165, 1.54) is 12.1 Å². The van der Waals surface area contributed by atoms with Gasteiger partial charge in [0.05, 0.1) is 6.10 Å². The van der Waals surface area contributed by atoms with Crippen molar-refractivity contribution in [3.63, 3.8) is 0 Å². The van der Waals surface area contributed by atoms with Gasteiger partial charge < -0.3 is 9.84 Å². The molecular weight excluding hydrogens is 221 g/mol. The molecule has 1 unspecified atom stereocenters. The standard InChI is InChI=1S/C11H13F3O2/c1-2-10(15)8-3-5-9(6-4-8)16-7-11(12,13)14/h3-6,10,15H,2,7H2,1H3. The molecule has 16 heavy (non-hydrogen) atoms. The third-order valence-electron chi connectivity index (χ3n) is 2.05. The van der Waals surface area contributed by atoms with Gasteiger partial charge in [-0.25, -0.2) is 0 Å². The molecule has 0 radical (unpaired) electrons. The van der Waals surface area contributed by atoms with Crippen LogP contribution in [-0.2, 0) is 0 Å². The number of rotatable bonds is 4. The Kier molecular flexibility index (Phi) is 4.18. The minimum Gasteiger partial charge on any atom is -0.484 e. The Morgan fingerprint density at radius 1 is 1.25 bits per heavy atom. The van der Waals surface area contributed by atoms with Crippen molar-refractivity contribution in [1.29, 1.82) is 0 Å². The highest BCUT2D eigenvalue weighted by Crippen LogP contribution is 2.22. The Morgan fingerprint density at radius 3 is 2.25 bits per heavy atom. The van der Waals surface area contributed by atoms with Crippen LogP contribution < -0.4 is 4.74 Å². The van der Waals surface area contributed by atoms with Crippen LogP contribution >= 0.6 is 0 Å². The van der Waals surface area contributed by atoms with Crippen LogP contribution in [0.5, 0.6) is 5.75 Å². The zero-order valence-corrected chi connectivity index (χ0v) is 8.79. The predicted octanol–water partition coefficient (Wildman–Crippen LogP) is 3.07. The molecule has 0 heterocycles. The van der Waals surface area contributed by atoms with Crippen molar-refractivity contribution in [3.8, 4) is 5.75 Å². The van der Waals surface area contributed by atoms with E-state index in [0.717, 1.165) is 0 Å². The molecular formula is C11H13F3O2. The Hall–Kier alpha value is -1.23. The number of hydrogen-bond acceptors (Lipinski definition) is 2. The van der Waals surface area contributed by atoms with E-state index >= 15 is 0 Å². The molecule has 0 saturated heterocycles. The summed E-state index contributed by atoms with van der Waals surface area (Å²) in [5.74, 6) is 0.143. The van der Waals surface area contributed by atoms with Crippen molar-refractivity contribution >= 4 is 0 Å². The lowest BCUT2D eigenvalue weighted by atomic mass is 10.1. The van der Waals surface area contributed by atoms with Crippen LogP contribution in [-0.4, -0.2) is 17.9 Å². The summed E-state index contributed by atoms with van der Waals surface area (Å²) in [6.45, 7) is 0.515. The van der Waals surface area contributed by atoms with Crippen LogP contribution in [0.1, 0.15) is 25.0 Å². The zero-order chi connectivity index (χ0) is 12.2. The minimum atomic E-state index is -4.33. The summed E-state index contributed by atoms with van der Waals surface area (Å²) in [5.41, 5.74) is 0.668. The summed E-state index contributed by atoms with van der Waals surface area (Å²) in [4.78, 5) is 0. The van der Waals surface area contributed by atoms with Crippen LogP contribution in [0.2, 0.25) is 0 Å². The highest BCUT2D eigenvalue weighted by atomic mass is 19.4. The molecule has 5 heteroatoms. The first-order valence-corrected chi connectivity index (χ1v) is 4.90. The molecule has 1 rings (SSSR count). The van der Waals surface area contributed by atoms with Gasteiger partial charge in [-0.2, -0.15) is 13.2 Å². The normalized spacial score (nSPS) is 13.6. The van der Waals surface area contributed by atoms with E-state index in [-0.39, 0.29) is 5.75 Å². The maximum atomic E-state index is 11.8. The van der Waals surface area contributed by atoms with E-state index in [1.54, 1.807) is 12.1 Å². The maximum absolute atomic E-state index is 11.8. The van der Waals surface area contributed by atoms with Crippen molar-refractivity contribution in [2.24, 2.45) is 0 Å². The number of benzene rings is 1. The summed E-state index contributed by atoms with van der Waals surface area (Å²) < 4.78 is 40.0. The molecule has 1 atom stereocenters. The molecule has 0 aliphatic heterocycles. The van der Waals surface area contributed by atoms with Crippen LogP contribution in [0, 0.1) is 0 Å². The van der Waals surface area contributed by atoms with E-state index in [1.807, 2.05) is 6.92 Å². The lowest BCUT2D eigenvalue weighted by Gasteiger charge is -2.11. The maximum Gasteiger partial charge on any atom is 0.422 e. The molecule has 0 aliphatic carbocycles. The van der Waals surface area contributed by atoms with E-state index in [2.05, 4.69) is 4.74 Å². The first-order chi connectivity index (χ1) is 7.42. The summed E-state index contributed by atoms with van der Waals surface area (Å²) in [6, 6.07) is 5.94. The average Bonchev–Trinajstić information content (AvgIpc) is 2.25. The van der Waals surface area contributed by atoms with Gasteiger partial charge in [-0.15, -0.1) is 0 Å². The average molecular weight is 234 g/mol. The van der Waals surface area contributed by atoms with Crippen LogP contribution in [0.15, 0.2) is 24.3 Å². The quantitative estimate of drug-likeness (QED) is 0.867. The molecule has 90 valence electrons. The Morgan fingerprint density at radius 2 is 1.81 bits per heavy atom. The zero-order valence-electron chi connectivity index (χ0n) is 8.79. The summed E-state index contributed by atoms with van der Waals surface area (Å²) in [5, 5.41) is 9.46. The molecule has 0 fully saturated rings. The van der Waals surface area contributed by atoms with Gasteiger partial charge in [0.25, 0.3) is 0 Å². The van der Waals surface area contributed by atoms with Crippen molar-refractivity contribution in [2.75, 3.05) is 6.61 Å². The fourth-order valence-electron chi connectivity index (χ4n) is 1.19. The van der Waals surface area contributed by atoms with Gasteiger partial charge in [0.2, 0.25) is 0 Å². The van der Waals surface area contributed by atoms with E-state index in [4.69, 9.17) is 0 Å². The van der Waals surface area contributed by atoms with Crippen LogP contribution in [0.4, 0.5) is 13.2 Å². The molecule has 0 aliphatic rings. The lowest BCUT2D eigenvalue weighted by Crippen LogP contribution is -2.19. The fourth-order valence-corrected chi connectivity index (χ4v) is 1.19. The summed E-state index contributed by atoms with van der Waals surface area (Å²) in [6.07, 6.45) is -4.36. The van der Waals surface area contributed by atoms with E-state index in [0.29, 0.717) is 12.0 Å². The SMILES string of the molecule is CCC(O)c1ccc(OCC(F)(F)F)cc1. The van der Waals surface area contributed by atoms with Crippen molar-refractivity contribution in [1.82, 2.24) is 0 Å². The Bertz CT molecular complexity index is 319. The molecule has 0 saturated carbocycles. The Labute approximate surface area is 91.7 Å². The van der Waals surface area contributed by atoms with Gasteiger partial charge >= 0.3 is 6.18 Å². The van der Waals surface area contributed by atoms with Crippen LogP contribution in [0.25, 0.3) is 0 Å². The number of hydrogen-bond donors (Lipinski definition) is 1. The number of alkyl halides is 3. The number of aliphatic hydroxyl groups is 1.